The third-order valence-electron chi connectivity index (χ3n) is 2.14. The van der Waals surface area contributed by atoms with E-state index in [1.165, 1.54) is 0 Å². The summed E-state index contributed by atoms with van der Waals surface area (Å²) in [5.74, 6) is -0.397. The van der Waals surface area contributed by atoms with Crippen molar-refractivity contribution in [2.24, 2.45) is 5.73 Å². The van der Waals surface area contributed by atoms with Crippen molar-refractivity contribution >= 4 is 29.4 Å². The van der Waals surface area contributed by atoms with E-state index in [0.29, 0.717) is 5.56 Å². The van der Waals surface area contributed by atoms with Crippen LogP contribution in [-0.4, -0.2) is 5.91 Å². The quantitative estimate of drug-likeness (QED) is 0.680. The molecular formula is C11H11NOS2. The third kappa shape index (κ3) is 2.11. The van der Waals surface area contributed by atoms with E-state index in [2.05, 4.69) is 23.4 Å². The number of carbonyl (C=O) groups is 1. The Balaban J connectivity index is 2.45. The van der Waals surface area contributed by atoms with Crippen molar-refractivity contribution in [3.63, 3.8) is 0 Å². The van der Waals surface area contributed by atoms with Gasteiger partial charge in [-0.05, 0) is 29.0 Å². The van der Waals surface area contributed by atoms with Crippen molar-refractivity contribution in [1.29, 1.82) is 0 Å². The molecule has 0 bridgehead atoms. The zero-order chi connectivity index (χ0) is 10.8. The highest BCUT2D eigenvalue weighted by Crippen LogP contribution is 2.45. The van der Waals surface area contributed by atoms with Crippen LogP contribution in [0.5, 0.6) is 0 Å². The number of primary amides is 1. The van der Waals surface area contributed by atoms with Gasteiger partial charge in [0.25, 0.3) is 0 Å². The van der Waals surface area contributed by atoms with E-state index in [1.54, 1.807) is 6.07 Å². The van der Waals surface area contributed by atoms with Gasteiger partial charge in [0.1, 0.15) is 0 Å². The van der Waals surface area contributed by atoms with Gasteiger partial charge in [-0.15, -0.1) is 12.6 Å². The number of amides is 1. The summed E-state index contributed by atoms with van der Waals surface area (Å²) in [7, 11) is -0.447. The lowest BCUT2D eigenvalue weighted by Gasteiger charge is -2.13. The fourth-order valence-electron chi connectivity index (χ4n) is 1.38. The minimum absolute atomic E-state index is 0.397. The number of hydrogen-bond acceptors (Lipinski definition) is 2. The lowest BCUT2D eigenvalue weighted by molar-refractivity contribution is 0.1000. The Kier molecular flexibility index (Phi) is 2.88. The van der Waals surface area contributed by atoms with Gasteiger partial charge < -0.3 is 5.73 Å². The van der Waals surface area contributed by atoms with Gasteiger partial charge in [0.15, 0.2) is 0 Å². The van der Waals surface area contributed by atoms with Gasteiger partial charge >= 0.3 is 0 Å². The van der Waals surface area contributed by atoms with Crippen LogP contribution in [0.3, 0.4) is 0 Å². The molecule has 0 radical (unpaired) electrons. The van der Waals surface area contributed by atoms with Crippen LogP contribution >= 0.6 is 23.5 Å². The number of nitrogens with two attached hydrogens (primary N) is 1. The summed E-state index contributed by atoms with van der Waals surface area (Å²) in [6.45, 7) is 0. The Labute approximate surface area is 96.6 Å². The molecule has 2 rings (SSSR count). The first-order chi connectivity index (χ1) is 7.18. The number of rotatable bonds is 2. The highest BCUT2D eigenvalue weighted by Gasteiger charge is 2.10. The van der Waals surface area contributed by atoms with Gasteiger partial charge in [-0.3, -0.25) is 4.79 Å². The molecule has 2 nitrogen and oxygen atoms in total. The van der Waals surface area contributed by atoms with Gasteiger partial charge in [-0.1, -0.05) is 12.2 Å². The summed E-state index contributed by atoms with van der Waals surface area (Å²) in [4.78, 5) is 13.0. The van der Waals surface area contributed by atoms with Crippen LogP contribution in [0.1, 0.15) is 10.4 Å². The molecule has 0 fully saturated rings. The summed E-state index contributed by atoms with van der Waals surface area (Å²) < 4.78 is 0. The fourth-order valence-corrected chi connectivity index (χ4v) is 3.48. The van der Waals surface area contributed by atoms with Gasteiger partial charge in [-0.25, -0.2) is 0 Å². The van der Waals surface area contributed by atoms with Crippen LogP contribution in [-0.2, 0) is 0 Å². The largest absolute Gasteiger partial charge is 0.366 e. The molecule has 0 saturated carbocycles. The van der Waals surface area contributed by atoms with E-state index in [1.807, 2.05) is 24.3 Å². The predicted octanol–water partition coefficient (Wildman–Crippen LogP) is 2.48. The molecule has 1 aliphatic rings. The summed E-state index contributed by atoms with van der Waals surface area (Å²) in [5.41, 5.74) is 5.78. The topological polar surface area (TPSA) is 43.1 Å². The molecule has 4 heteroatoms. The Bertz CT molecular complexity index is 454. The van der Waals surface area contributed by atoms with Gasteiger partial charge in [0, 0.05) is 15.4 Å². The first-order valence-electron chi connectivity index (χ1n) is 4.44. The summed E-state index contributed by atoms with van der Waals surface area (Å²) >= 11 is 4.38. The molecule has 1 aliphatic heterocycles. The highest BCUT2D eigenvalue weighted by molar-refractivity contribution is 8.22. The maximum Gasteiger partial charge on any atom is 0.248 e. The lowest BCUT2D eigenvalue weighted by Crippen LogP contribution is -2.10. The average Bonchev–Trinajstić information content (AvgIpc) is 2.71. The van der Waals surface area contributed by atoms with Crippen molar-refractivity contribution in [2.75, 3.05) is 0 Å². The SMILES string of the molecule is NC(=O)c1ccc(S)c([SH]2C=CC=C2)c1. The van der Waals surface area contributed by atoms with Gasteiger partial charge in [0.2, 0.25) is 5.91 Å². The second-order valence-corrected chi connectivity index (χ2v) is 5.53. The maximum absolute atomic E-state index is 11.0. The van der Waals surface area contributed by atoms with Crippen LogP contribution in [0.4, 0.5) is 0 Å². The molecule has 0 saturated heterocycles. The van der Waals surface area contributed by atoms with E-state index in [9.17, 15) is 4.79 Å². The smallest absolute Gasteiger partial charge is 0.248 e. The maximum atomic E-state index is 11.0. The molecule has 1 aromatic rings. The van der Waals surface area contributed by atoms with E-state index < -0.39 is 16.8 Å². The molecule has 2 N–H and O–H groups in total. The molecule has 78 valence electrons. The van der Waals surface area contributed by atoms with Crippen molar-refractivity contribution < 1.29 is 4.79 Å². The molecule has 1 amide bonds. The molecular weight excluding hydrogens is 226 g/mol. The monoisotopic (exact) mass is 237 g/mol. The Morgan fingerprint density at radius 1 is 1.27 bits per heavy atom. The number of benzene rings is 1. The van der Waals surface area contributed by atoms with Crippen LogP contribution in [0.2, 0.25) is 0 Å². The first kappa shape index (κ1) is 10.4. The Hall–Kier alpha value is -1.13. The second kappa shape index (κ2) is 4.16. The third-order valence-corrected chi connectivity index (χ3v) is 4.62. The lowest BCUT2D eigenvalue weighted by atomic mass is 10.2. The molecule has 0 aromatic heterocycles. The Morgan fingerprint density at radius 3 is 2.53 bits per heavy atom. The van der Waals surface area contributed by atoms with Crippen molar-refractivity contribution in [2.45, 2.75) is 9.79 Å². The van der Waals surface area contributed by atoms with Crippen LogP contribution in [0.25, 0.3) is 0 Å². The minimum atomic E-state index is -0.447. The van der Waals surface area contributed by atoms with Crippen LogP contribution in [0.15, 0.2) is 51.0 Å². The first-order valence-corrected chi connectivity index (χ1v) is 6.37. The highest BCUT2D eigenvalue weighted by atomic mass is 32.2. The van der Waals surface area contributed by atoms with E-state index in [-0.39, 0.29) is 0 Å². The number of allylic oxidation sites excluding steroid dienone is 2. The summed E-state index contributed by atoms with van der Waals surface area (Å²) in [6, 6.07) is 5.35. The minimum Gasteiger partial charge on any atom is -0.366 e. The Morgan fingerprint density at radius 2 is 1.93 bits per heavy atom. The normalized spacial score (nSPS) is 15.9. The molecule has 1 aromatic carbocycles. The predicted molar refractivity (Wildman–Crippen MR) is 67.7 cm³/mol. The summed E-state index contributed by atoms with van der Waals surface area (Å²) in [6.07, 6.45) is 4.02. The second-order valence-electron chi connectivity index (χ2n) is 3.16. The number of thiol groups is 2. The van der Waals surface area contributed by atoms with Crippen LogP contribution in [0, 0.1) is 0 Å². The average molecular weight is 237 g/mol. The number of carbonyl (C=O) groups excluding carboxylic acids is 1. The van der Waals surface area contributed by atoms with E-state index >= 15 is 0 Å². The van der Waals surface area contributed by atoms with Gasteiger partial charge in [-0.2, -0.15) is 10.9 Å². The zero-order valence-electron chi connectivity index (χ0n) is 7.92. The zero-order valence-corrected chi connectivity index (χ0v) is 9.71. The molecule has 0 aliphatic carbocycles. The van der Waals surface area contributed by atoms with E-state index in [4.69, 9.17) is 5.73 Å². The fraction of sp³-hybridized carbons (Fsp3) is 0. The molecule has 15 heavy (non-hydrogen) atoms. The van der Waals surface area contributed by atoms with E-state index in [0.717, 1.165) is 9.79 Å². The summed E-state index contributed by atoms with van der Waals surface area (Å²) in [5, 5.41) is 4.24. The van der Waals surface area contributed by atoms with Crippen molar-refractivity contribution in [1.82, 2.24) is 0 Å². The van der Waals surface area contributed by atoms with Gasteiger partial charge in [0.05, 0.1) is 0 Å². The molecule has 1 heterocycles. The number of hydrogen-bond donors (Lipinski definition) is 3. The molecule has 0 spiro atoms. The molecule has 0 unspecified atom stereocenters. The van der Waals surface area contributed by atoms with Crippen molar-refractivity contribution in [3.05, 3.63) is 46.7 Å². The van der Waals surface area contributed by atoms with Crippen molar-refractivity contribution in [3.8, 4) is 0 Å². The molecule has 0 atom stereocenters. The standard InChI is InChI=1S/C11H11NOS2/c12-11(13)8-3-4-9(14)10(7-8)15-5-1-2-6-15/h1-7,14-15H,(H2,12,13). The van der Waals surface area contributed by atoms with Crippen LogP contribution < -0.4 is 5.73 Å².